The SMILES string of the molecule is O=C(CC1CCC(CCN2CCc3sc(OCC(F)(F)F)nc3C2)CC1)c1cccc2[nH]ncc12. The minimum atomic E-state index is -4.35. The van der Waals surface area contributed by atoms with Crippen molar-refractivity contribution in [3.8, 4) is 5.19 Å². The Kier molecular flexibility index (Phi) is 7.11. The Morgan fingerprint density at radius 3 is 2.80 bits per heavy atom. The summed E-state index contributed by atoms with van der Waals surface area (Å²) in [5.41, 5.74) is 2.51. The molecule has 1 aliphatic heterocycles. The number of aromatic amines is 1. The van der Waals surface area contributed by atoms with E-state index in [1.807, 2.05) is 18.2 Å². The summed E-state index contributed by atoms with van der Waals surface area (Å²) in [4.78, 5) is 20.6. The third kappa shape index (κ3) is 6.03. The molecular formula is C25H29F3N4O2S. The summed E-state index contributed by atoms with van der Waals surface area (Å²) in [6, 6.07) is 5.72. The van der Waals surface area contributed by atoms with Crippen LogP contribution >= 0.6 is 11.3 Å². The third-order valence-electron chi connectivity index (χ3n) is 7.23. The predicted molar refractivity (Wildman–Crippen MR) is 128 cm³/mol. The molecule has 2 aliphatic rings. The number of hydrogen-bond acceptors (Lipinski definition) is 6. The number of ether oxygens (including phenoxy) is 1. The molecule has 1 aromatic carbocycles. The molecule has 3 aromatic rings. The molecule has 2 aromatic heterocycles. The van der Waals surface area contributed by atoms with E-state index in [0.29, 0.717) is 24.8 Å². The van der Waals surface area contributed by atoms with E-state index in [-0.39, 0.29) is 11.0 Å². The molecule has 35 heavy (non-hydrogen) atoms. The van der Waals surface area contributed by atoms with Gasteiger partial charge in [0, 0.05) is 35.3 Å². The van der Waals surface area contributed by atoms with Gasteiger partial charge < -0.3 is 4.74 Å². The van der Waals surface area contributed by atoms with Crippen molar-refractivity contribution >= 4 is 28.0 Å². The number of aromatic nitrogens is 3. The summed E-state index contributed by atoms with van der Waals surface area (Å²) in [5.74, 6) is 1.29. The summed E-state index contributed by atoms with van der Waals surface area (Å²) < 4.78 is 42.0. The Balaban J connectivity index is 1.05. The molecule has 0 bridgehead atoms. The highest BCUT2D eigenvalue weighted by molar-refractivity contribution is 7.13. The Hall–Kier alpha value is -2.46. The number of nitrogens with one attached hydrogen (secondary N) is 1. The van der Waals surface area contributed by atoms with E-state index < -0.39 is 12.8 Å². The smallest absolute Gasteiger partial charge is 0.422 e. The fraction of sp³-hybridized carbons (Fsp3) is 0.560. The van der Waals surface area contributed by atoms with Crippen LogP contribution in [0.4, 0.5) is 13.2 Å². The predicted octanol–water partition coefficient (Wildman–Crippen LogP) is 5.79. The summed E-state index contributed by atoms with van der Waals surface area (Å²) in [5, 5.41) is 8.00. The molecule has 0 spiro atoms. The van der Waals surface area contributed by atoms with Crippen LogP contribution in [0.1, 0.15) is 59.5 Å². The molecule has 6 nitrogen and oxygen atoms in total. The van der Waals surface area contributed by atoms with Crippen LogP contribution in [0.15, 0.2) is 24.4 Å². The minimum absolute atomic E-state index is 0.117. The lowest BCUT2D eigenvalue weighted by Crippen LogP contribution is -2.32. The number of H-pyrrole nitrogens is 1. The summed E-state index contributed by atoms with van der Waals surface area (Å²) in [7, 11) is 0. The lowest BCUT2D eigenvalue weighted by molar-refractivity contribution is -0.153. The fourth-order valence-electron chi connectivity index (χ4n) is 5.30. The first-order valence-electron chi connectivity index (χ1n) is 12.2. The molecule has 5 rings (SSSR count). The summed E-state index contributed by atoms with van der Waals surface area (Å²) in [6.45, 7) is 1.24. The second-order valence-corrected chi connectivity index (χ2v) is 10.8. The Morgan fingerprint density at radius 2 is 2.00 bits per heavy atom. The van der Waals surface area contributed by atoms with E-state index in [9.17, 15) is 18.0 Å². The number of nitrogens with zero attached hydrogens (tertiary/aromatic N) is 3. The number of Topliss-reactive ketones (excluding diaryl/α,β-unsaturated/α-hetero) is 1. The molecule has 1 N–H and O–H groups in total. The number of halogens is 3. The van der Waals surface area contributed by atoms with Crippen LogP contribution in [0.25, 0.3) is 10.9 Å². The zero-order chi connectivity index (χ0) is 24.4. The van der Waals surface area contributed by atoms with Crippen molar-refractivity contribution in [2.75, 3.05) is 19.7 Å². The lowest BCUT2D eigenvalue weighted by Gasteiger charge is -2.31. The van der Waals surface area contributed by atoms with E-state index in [0.717, 1.165) is 78.7 Å². The molecular weight excluding hydrogens is 477 g/mol. The van der Waals surface area contributed by atoms with E-state index in [4.69, 9.17) is 4.74 Å². The normalized spacial score (nSPS) is 21.2. The van der Waals surface area contributed by atoms with E-state index in [1.165, 1.54) is 11.3 Å². The van der Waals surface area contributed by atoms with Crippen molar-refractivity contribution in [2.24, 2.45) is 11.8 Å². The highest BCUT2D eigenvalue weighted by atomic mass is 32.1. The van der Waals surface area contributed by atoms with Gasteiger partial charge in [-0.1, -0.05) is 36.3 Å². The van der Waals surface area contributed by atoms with Gasteiger partial charge in [0.2, 0.25) is 0 Å². The molecule has 0 unspecified atom stereocenters. The van der Waals surface area contributed by atoms with Crippen LogP contribution in [0.5, 0.6) is 5.19 Å². The second kappa shape index (κ2) is 10.3. The maximum atomic E-state index is 12.9. The summed E-state index contributed by atoms with van der Waals surface area (Å²) in [6.07, 6.45) is 4.31. The van der Waals surface area contributed by atoms with Crippen molar-refractivity contribution in [2.45, 2.75) is 57.7 Å². The van der Waals surface area contributed by atoms with E-state index >= 15 is 0 Å². The van der Waals surface area contributed by atoms with Gasteiger partial charge in [-0.25, -0.2) is 4.98 Å². The zero-order valence-corrected chi connectivity index (χ0v) is 20.3. The molecule has 1 saturated carbocycles. The van der Waals surface area contributed by atoms with Gasteiger partial charge >= 0.3 is 6.18 Å². The van der Waals surface area contributed by atoms with Gasteiger partial charge in [-0.2, -0.15) is 18.3 Å². The Labute approximate surface area is 205 Å². The van der Waals surface area contributed by atoms with Crippen LogP contribution in [0, 0.1) is 11.8 Å². The van der Waals surface area contributed by atoms with E-state index in [1.54, 1.807) is 6.20 Å². The first-order valence-corrected chi connectivity index (χ1v) is 13.0. The topological polar surface area (TPSA) is 71.1 Å². The molecule has 0 amide bonds. The number of hydrogen-bond donors (Lipinski definition) is 1. The molecule has 3 heterocycles. The number of benzene rings is 1. The summed E-state index contributed by atoms with van der Waals surface area (Å²) >= 11 is 1.24. The molecule has 188 valence electrons. The first kappa shape index (κ1) is 24.2. The average Bonchev–Trinajstić information content (AvgIpc) is 3.48. The number of ketones is 1. The van der Waals surface area contributed by atoms with Gasteiger partial charge in [0.25, 0.3) is 5.19 Å². The van der Waals surface area contributed by atoms with Crippen LogP contribution in [0.2, 0.25) is 0 Å². The Morgan fingerprint density at radius 1 is 1.20 bits per heavy atom. The first-order chi connectivity index (χ1) is 16.8. The highest BCUT2D eigenvalue weighted by Gasteiger charge is 2.30. The van der Waals surface area contributed by atoms with Crippen molar-refractivity contribution in [1.82, 2.24) is 20.1 Å². The quantitative estimate of drug-likeness (QED) is 0.392. The van der Waals surface area contributed by atoms with Gasteiger partial charge in [-0.3, -0.25) is 14.8 Å². The number of rotatable bonds is 8. The number of thiazole rings is 1. The molecule has 1 aliphatic carbocycles. The monoisotopic (exact) mass is 506 g/mol. The van der Waals surface area contributed by atoms with Crippen molar-refractivity contribution < 1.29 is 22.7 Å². The van der Waals surface area contributed by atoms with Crippen LogP contribution in [0.3, 0.4) is 0 Å². The van der Waals surface area contributed by atoms with Crippen molar-refractivity contribution in [3.63, 3.8) is 0 Å². The molecule has 1 fully saturated rings. The largest absolute Gasteiger partial charge is 0.460 e. The number of carbonyl (C=O) groups excluding carboxylic acids is 1. The second-order valence-electron chi connectivity index (χ2n) is 9.72. The molecule has 0 radical (unpaired) electrons. The van der Waals surface area contributed by atoms with Crippen LogP contribution in [-0.4, -0.2) is 51.7 Å². The van der Waals surface area contributed by atoms with Gasteiger partial charge in [0.15, 0.2) is 12.4 Å². The third-order valence-corrected chi connectivity index (χ3v) is 8.30. The molecule has 0 saturated heterocycles. The highest BCUT2D eigenvalue weighted by Crippen LogP contribution is 2.35. The number of carbonyl (C=O) groups is 1. The molecule has 10 heteroatoms. The number of fused-ring (bicyclic) bond motifs is 2. The standard InChI is InChI=1S/C25H29F3N4O2S/c26-25(27,28)15-34-24-30-21-14-32(11-9-23(21)35-24)10-8-16-4-6-17(7-5-16)12-22(33)18-2-1-3-20-19(18)13-29-31-20/h1-3,13,16-17H,4-12,14-15H2,(H,29,31). The van der Waals surface area contributed by atoms with Crippen LogP contribution in [-0.2, 0) is 13.0 Å². The average molecular weight is 507 g/mol. The van der Waals surface area contributed by atoms with Crippen molar-refractivity contribution in [3.05, 3.63) is 40.5 Å². The lowest BCUT2D eigenvalue weighted by atomic mass is 9.78. The van der Waals surface area contributed by atoms with Crippen LogP contribution < -0.4 is 4.74 Å². The zero-order valence-electron chi connectivity index (χ0n) is 19.4. The van der Waals surface area contributed by atoms with Gasteiger partial charge in [0.05, 0.1) is 17.4 Å². The number of alkyl halides is 3. The molecule has 0 atom stereocenters. The maximum Gasteiger partial charge on any atom is 0.422 e. The minimum Gasteiger partial charge on any atom is -0.460 e. The van der Waals surface area contributed by atoms with Gasteiger partial charge in [-0.05, 0) is 50.1 Å². The van der Waals surface area contributed by atoms with Gasteiger partial charge in [-0.15, -0.1) is 0 Å². The van der Waals surface area contributed by atoms with Crippen molar-refractivity contribution in [1.29, 1.82) is 0 Å². The fourth-order valence-corrected chi connectivity index (χ4v) is 6.20. The Bertz CT molecular complexity index is 1170. The van der Waals surface area contributed by atoms with Gasteiger partial charge in [0.1, 0.15) is 0 Å². The van der Waals surface area contributed by atoms with E-state index in [2.05, 4.69) is 20.1 Å². The maximum absolute atomic E-state index is 12.9.